The van der Waals surface area contributed by atoms with E-state index >= 15 is 0 Å². The predicted molar refractivity (Wildman–Crippen MR) is 65.5 cm³/mol. The van der Waals surface area contributed by atoms with E-state index in [0.29, 0.717) is 0 Å². The fraction of sp³-hybridized carbons (Fsp3) is 0.200. The molecule has 0 fully saturated rings. The summed E-state index contributed by atoms with van der Waals surface area (Å²) < 4.78 is 1.02. The first kappa shape index (κ1) is 13.0. The lowest BCUT2D eigenvalue weighted by molar-refractivity contribution is 1.07. The predicted octanol–water partition coefficient (Wildman–Crippen LogP) is 2.59. The Morgan fingerprint density at radius 2 is 1.71 bits per heavy atom. The van der Waals surface area contributed by atoms with Gasteiger partial charge in [0.1, 0.15) is 0 Å². The van der Waals surface area contributed by atoms with Gasteiger partial charge in [0, 0.05) is 16.9 Å². The Bertz CT molecular complexity index is 269. The average Bonchev–Trinajstić information content (AvgIpc) is 2.22. The van der Waals surface area contributed by atoms with E-state index in [1.165, 1.54) is 11.2 Å². The molecule has 0 saturated carbocycles. The first-order valence-electron chi connectivity index (χ1n) is 4.42. The molecule has 0 heterocycles. The quantitative estimate of drug-likeness (QED) is 0.633. The van der Waals surface area contributed by atoms with Gasteiger partial charge in [-0.1, -0.05) is 29.8 Å². The molecule has 1 rings (SSSR count). The van der Waals surface area contributed by atoms with Gasteiger partial charge in [-0.3, -0.25) is 5.01 Å². The average molecular weight is 258 g/mol. The van der Waals surface area contributed by atoms with E-state index in [0.717, 1.165) is 10.2 Å². The maximum absolute atomic E-state index is 5.61. The van der Waals surface area contributed by atoms with E-state index in [2.05, 4.69) is 15.9 Å². The van der Waals surface area contributed by atoms with Crippen LogP contribution in [0.5, 0.6) is 0 Å². The number of nitrogens with two attached hydrogens (primary N) is 2. The van der Waals surface area contributed by atoms with Crippen molar-refractivity contribution >= 4 is 21.6 Å². The zero-order chi connectivity index (χ0) is 11.0. The number of hydrogen-bond donors (Lipinski definition) is 2. The Hall–Kier alpha value is -1.00. The van der Waals surface area contributed by atoms with Crippen molar-refractivity contribution in [2.75, 3.05) is 5.01 Å². The van der Waals surface area contributed by atoms with Gasteiger partial charge in [0.15, 0.2) is 0 Å². The molecule has 1 aromatic rings. The summed E-state index contributed by atoms with van der Waals surface area (Å²) in [6.45, 7) is 4.00. The monoisotopic (exact) mass is 257 g/mol. The Morgan fingerprint density at radius 3 is 2.14 bits per heavy atom. The van der Waals surface area contributed by atoms with E-state index in [1.54, 1.807) is 6.20 Å². The lowest BCUT2D eigenvalue weighted by Crippen LogP contribution is -2.24. The molecular weight excluding hydrogens is 242 g/mol. The summed E-state index contributed by atoms with van der Waals surface area (Å²) in [5.74, 6) is 5.61. The third-order valence-electron chi connectivity index (χ3n) is 1.37. The van der Waals surface area contributed by atoms with Crippen LogP contribution >= 0.6 is 15.9 Å². The number of anilines is 1. The molecule has 3 nitrogen and oxygen atoms in total. The van der Waals surface area contributed by atoms with Crippen molar-refractivity contribution in [3.8, 4) is 0 Å². The molecule has 78 valence electrons. The van der Waals surface area contributed by atoms with Crippen LogP contribution in [0.2, 0.25) is 0 Å². The lowest BCUT2D eigenvalue weighted by atomic mass is 10.3. The van der Waals surface area contributed by atoms with Crippen molar-refractivity contribution in [1.82, 2.24) is 0 Å². The minimum atomic E-state index is 0.889. The highest BCUT2D eigenvalue weighted by molar-refractivity contribution is 9.10. The van der Waals surface area contributed by atoms with Crippen molar-refractivity contribution in [1.29, 1.82) is 0 Å². The van der Waals surface area contributed by atoms with Gasteiger partial charge >= 0.3 is 0 Å². The van der Waals surface area contributed by atoms with Gasteiger partial charge in [0.2, 0.25) is 0 Å². The fourth-order valence-corrected chi connectivity index (χ4v) is 1.06. The van der Waals surface area contributed by atoms with Gasteiger partial charge in [-0.15, -0.1) is 0 Å². The molecule has 0 spiro atoms. The van der Waals surface area contributed by atoms with Gasteiger partial charge in [0.05, 0.1) is 5.69 Å². The van der Waals surface area contributed by atoms with E-state index in [-0.39, 0.29) is 0 Å². The largest absolute Gasteiger partial charge is 0.403 e. The molecule has 1 aromatic carbocycles. The van der Waals surface area contributed by atoms with E-state index in [1.807, 2.05) is 38.1 Å². The van der Waals surface area contributed by atoms with Gasteiger partial charge in [-0.05, 0) is 24.3 Å². The number of benzene rings is 1. The summed E-state index contributed by atoms with van der Waals surface area (Å²) >= 11 is 3.33. The highest BCUT2D eigenvalue weighted by Gasteiger charge is 1.95. The van der Waals surface area contributed by atoms with E-state index < -0.39 is 0 Å². The fourth-order valence-electron chi connectivity index (χ4n) is 0.792. The smallest absolute Gasteiger partial charge is 0.0569 e. The molecule has 0 aromatic heterocycles. The Labute approximate surface area is 93.5 Å². The molecule has 0 atom stereocenters. The molecule has 0 saturated heterocycles. The van der Waals surface area contributed by atoms with Crippen molar-refractivity contribution in [2.45, 2.75) is 13.8 Å². The summed E-state index contributed by atoms with van der Waals surface area (Å²) in [7, 11) is 0. The summed E-state index contributed by atoms with van der Waals surface area (Å²) in [5, 5.41) is 1.45. The summed E-state index contributed by atoms with van der Waals surface area (Å²) in [4.78, 5) is 0. The second kappa shape index (κ2) is 7.41. The normalized spacial score (nSPS) is 9.43. The van der Waals surface area contributed by atoms with Crippen LogP contribution in [-0.2, 0) is 0 Å². The van der Waals surface area contributed by atoms with Gasteiger partial charge < -0.3 is 5.73 Å². The first-order chi connectivity index (χ1) is 6.74. The molecule has 14 heavy (non-hydrogen) atoms. The Kier molecular flexibility index (Phi) is 6.88. The number of halogens is 1. The van der Waals surface area contributed by atoms with Crippen molar-refractivity contribution in [2.24, 2.45) is 11.6 Å². The highest BCUT2D eigenvalue weighted by Crippen LogP contribution is 2.15. The summed E-state index contributed by atoms with van der Waals surface area (Å²) in [6.07, 6.45) is 2.98. The highest BCUT2D eigenvalue weighted by atomic mass is 79.9. The van der Waals surface area contributed by atoms with Gasteiger partial charge in [0.25, 0.3) is 0 Å². The van der Waals surface area contributed by atoms with Crippen LogP contribution < -0.4 is 16.6 Å². The maximum atomic E-state index is 5.61. The van der Waals surface area contributed by atoms with Crippen LogP contribution in [0.1, 0.15) is 13.8 Å². The summed E-state index contributed by atoms with van der Waals surface area (Å²) in [5.41, 5.74) is 6.07. The van der Waals surface area contributed by atoms with E-state index in [4.69, 9.17) is 11.6 Å². The Morgan fingerprint density at radius 1 is 1.21 bits per heavy atom. The first-order valence-corrected chi connectivity index (χ1v) is 5.21. The molecule has 0 unspecified atom stereocenters. The third kappa shape index (κ3) is 4.30. The topological polar surface area (TPSA) is 55.3 Å². The van der Waals surface area contributed by atoms with Crippen molar-refractivity contribution < 1.29 is 0 Å². The van der Waals surface area contributed by atoms with Crippen LogP contribution in [0.4, 0.5) is 5.69 Å². The lowest BCUT2D eigenvalue weighted by Gasteiger charge is -2.12. The third-order valence-corrected chi connectivity index (χ3v) is 1.90. The second-order valence-corrected chi connectivity index (χ2v) is 3.14. The number of nitrogens with zero attached hydrogens (tertiary/aromatic N) is 1. The van der Waals surface area contributed by atoms with Crippen molar-refractivity contribution in [3.63, 3.8) is 0 Å². The molecule has 0 bridgehead atoms. The van der Waals surface area contributed by atoms with E-state index in [9.17, 15) is 0 Å². The minimum absolute atomic E-state index is 0.889. The number of hydrogen-bond acceptors (Lipinski definition) is 3. The molecule has 0 aliphatic carbocycles. The minimum Gasteiger partial charge on any atom is -0.403 e. The van der Waals surface area contributed by atoms with Crippen LogP contribution in [0.15, 0.2) is 41.1 Å². The van der Waals surface area contributed by atoms with Crippen LogP contribution in [0, 0.1) is 0 Å². The van der Waals surface area contributed by atoms with Crippen LogP contribution in [0.25, 0.3) is 0 Å². The van der Waals surface area contributed by atoms with Crippen LogP contribution in [0.3, 0.4) is 0 Å². The molecule has 4 N–H and O–H groups in total. The molecule has 4 heteroatoms. The second-order valence-electron chi connectivity index (χ2n) is 2.23. The van der Waals surface area contributed by atoms with Gasteiger partial charge in [-0.25, -0.2) is 5.84 Å². The molecule has 0 amide bonds. The SMILES string of the molecule is CC.N/C=C\N(N)c1ccc(Br)cc1. The summed E-state index contributed by atoms with van der Waals surface area (Å²) in [6, 6.07) is 7.62. The Balaban J connectivity index is 0.000000791. The van der Waals surface area contributed by atoms with Crippen molar-refractivity contribution in [3.05, 3.63) is 41.1 Å². The maximum Gasteiger partial charge on any atom is 0.0569 e. The standard InChI is InChI=1S/C8H10BrN3.C2H6/c9-7-1-3-8(4-2-7)12(11)6-5-10;1-2/h1-6H,10-11H2;1-2H3/b6-5-;. The molecule has 0 aliphatic rings. The zero-order valence-corrected chi connectivity index (χ0v) is 10.0. The zero-order valence-electron chi connectivity index (χ0n) is 8.44. The molecule has 0 aliphatic heterocycles. The van der Waals surface area contributed by atoms with Crippen LogP contribution in [-0.4, -0.2) is 0 Å². The van der Waals surface area contributed by atoms with Gasteiger partial charge in [-0.2, -0.15) is 0 Å². The molecular formula is C10H16BrN3. The number of hydrazine groups is 1. The number of rotatable bonds is 2. The molecule has 0 radical (unpaired) electrons.